The van der Waals surface area contributed by atoms with Crippen molar-refractivity contribution in [3.05, 3.63) is 63.6 Å². The highest BCUT2D eigenvalue weighted by molar-refractivity contribution is 9.10. The molecule has 0 saturated carbocycles. The van der Waals surface area contributed by atoms with Gasteiger partial charge in [-0.25, -0.2) is 8.42 Å². The van der Waals surface area contributed by atoms with Gasteiger partial charge in [-0.3, -0.25) is 13.9 Å². The molecule has 0 aliphatic carbocycles. The number of likely N-dealkylation sites (N-methyl/N-ethyl adjacent to an activating group) is 1. The lowest BCUT2D eigenvalue weighted by Gasteiger charge is -2.29. The molecule has 0 aliphatic rings. The van der Waals surface area contributed by atoms with Crippen molar-refractivity contribution in [2.75, 3.05) is 24.2 Å². The third kappa shape index (κ3) is 7.30. The number of carbonyl (C=O) groups excluding carboxylic acids is 2. The van der Waals surface area contributed by atoms with E-state index >= 15 is 0 Å². The number of anilines is 1. The van der Waals surface area contributed by atoms with E-state index in [0.717, 1.165) is 21.2 Å². The second-order valence-electron chi connectivity index (χ2n) is 8.10. The Morgan fingerprint density at radius 1 is 1.09 bits per heavy atom. The molecule has 0 radical (unpaired) electrons. The van der Waals surface area contributed by atoms with Crippen molar-refractivity contribution in [1.82, 2.24) is 10.2 Å². The number of nitrogens with one attached hydrogen (secondary N) is 1. The number of carbonyl (C=O) groups is 2. The van der Waals surface area contributed by atoms with Gasteiger partial charge in [0.1, 0.15) is 6.04 Å². The number of amides is 2. The first-order valence-electron chi connectivity index (χ1n) is 10.7. The highest BCUT2D eigenvalue weighted by atomic mass is 79.9. The average Bonchev–Trinajstić information content (AvgIpc) is 2.76. The Kier molecular flexibility index (Phi) is 9.48. The number of halogens is 1. The van der Waals surface area contributed by atoms with Crippen LogP contribution >= 0.6 is 15.9 Å². The lowest BCUT2D eigenvalue weighted by atomic mass is 10.1. The number of hydrogen-bond acceptors (Lipinski definition) is 4. The summed E-state index contributed by atoms with van der Waals surface area (Å²) in [7, 11) is -1.98. The van der Waals surface area contributed by atoms with Crippen LogP contribution in [0.2, 0.25) is 0 Å². The summed E-state index contributed by atoms with van der Waals surface area (Å²) < 4.78 is 27.2. The predicted octanol–water partition coefficient (Wildman–Crippen LogP) is 3.78. The second kappa shape index (κ2) is 11.7. The van der Waals surface area contributed by atoms with E-state index in [-0.39, 0.29) is 31.3 Å². The van der Waals surface area contributed by atoms with Crippen LogP contribution in [0.1, 0.15) is 36.5 Å². The molecule has 0 aromatic heterocycles. The van der Waals surface area contributed by atoms with Gasteiger partial charge in [0.15, 0.2) is 0 Å². The first-order chi connectivity index (χ1) is 15.5. The third-order valence-corrected chi connectivity index (χ3v) is 7.39. The van der Waals surface area contributed by atoms with E-state index in [4.69, 9.17) is 0 Å². The summed E-state index contributed by atoms with van der Waals surface area (Å²) in [6.45, 7) is 5.97. The van der Waals surface area contributed by atoms with Crippen molar-refractivity contribution in [1.29, 1.82) is 0 Å². The molecule has 7 nitrogen and oxygen atoms in total. The maximum atomic E-state index is 13.1. The third-order valence-electron chi connectivity index (χ3n) is 5.68. The molecule has 0 bridgehead atoms. The van der Waals surface area contributed by atoms with Crippen LogP contribution in [-0.2, 0) is 26.2 Å². The quantitative estimate of drug-likeness (QED) is 0.499. The zero-order valence-electron chi connectivity index (χ0n) is 19.8. The molecule has 1 N–H and O–H groups in total. The molecule has 2 aromatic carbocycles. The second-order valence-corrected chi connectivity index (χ2v) is 10.9. The van der Waals surface area contributed by atoms with Gasteiger partial charge in [0.05, 0.1) is 11.9 Å². The van der Waals surface area contributed by atoms with Gasteiger partial charge in [0, 0.05) is 31.0 Å². The summed E-state index contributed by atoms with van der Waals surface area (Å²) >= 11 is 3.40. The molecule has 2 rings (SSSR count). The summed E-state index contributed by atoms with van der Waals surface area (Å²) in [5, 5.41) is 2.59. The van der Waals surface area contributed by atoms with Gasteiger partial charge in [-0.1, -0.05) is 40.2 Å². The van der Waals surface area contributed by atoms with Crippen molar-refractivity contribution < 1.29 is 18.0 Å². The monoisotopic (exact) mass is 537 g/mol. The Balaban J connectivity index is 2.17. The summed E-state index contributed by atoms with van der Waals surface area (Å²) in [5.41, 5.74) is 3.41. The SMILES string of the molecule is CNC(=O)[C@@H](C)N(Cc1ccc(Br)cc1)C(=O)CCCN(c1cccc(C)c1C)S(C)(=O)=O. The Morgan fingerprint density at radius 3 is 2.30 bits per heavy atom. The van der Waals surface area contributed by atoms with E-state index in [1.807, 2.05) is 50.2 Å². The number of nitrogens with zero attached hydrogens (tertiary/aromatic N) is 2. The molecule has 0 spiro atoms. The molecule has 0 aliphatic heterocycles. The standard InChI is InChI=1S/C24H32BrN3O4S/c1-17-8-6-9-22(18(17)2)28(33(5,31)32)15-7-10-23(29)27(19(3)24(30)26-4)16-20-11-13-21(25)14-12-20/h6,8-9,11-14,19H,7,10,15-16H2,1-5H3,(H,26,30)/t19-/m1/s1. The Morgan fingerprint density at radius 2 is 1.73 bits per heavy atom. The van der Waals surface area contributed by atoms with Crippen LogP contribution in [0.15, 0.2) is 46.9 Å². The van der Waals surface area contributed by atoms with Crippen molar-refractivity contribution in [2.45, 2.75) is 46.2 Å². The van der Waals surface area contributed by atoms with Gasteiger partial charge >= 0.3 is 0 Å². The first-order valence-corrected chi connectivity index (χ1v) is 13.4. The maximum absolute atomic E-state index is 13.1. The van der Waals surface area contributed by atoms with Crippen LogP contribution in [0.3, 0.4) is 0 Å². The van der Waals surface area contributed by atoms with E-state index in [2.05, 4.69) is 21.2 Å². The fourth-order valence-corrected chi connectivity index (χ4v) is 4.85. The smallest absolute Gasteiger partial charge is 0.242 e. The van der Waals surface area contributed by atoms with Crippen LogP contribution in [0.25, 0.3) is 0 Å². The molecular weight excluding hydrogens is 506 g/mol. The van der Waals surface area contributed by atoms with Crippen molar-refractivity contribution in [3.8, 4) is 0 Å². The fourth-order valence-electron chi connectivity index (χ4n) is 3.57. The molecule has 2 amide bonds. The summed E-state index contributed by atoms with van der Waals surface area (Å²) in [5.74, 6) is -0.461. The minimum Gasteiger partial charge on any atom is -0.357 e. The molecule has 2 aromatic rings. The highest BCUT2D eigenvalue weighted by Crippen LogP contribution is 2.25. The molecular formula is C24H32BrN3O4S. The molecule has 33 heavy (non-hydrogen) atoms. The van der Waals surface area contributed by atoms with E-state index in [1.54, 1.807) is 13.0 Å². The number of rotatable bonds is 10. The minimum absolute atomic E-state index is 0.120. The molecule has 180 valence electrons. The predicted molar refractivity (Wildman–Crippen MR) is 136 cm³/mol. The first kappa shape index (κ1) is 26.9. The van der Waals surface area contributed by atoms with Crippen molar-refractivity contribution >= 4 is 43.5 Å². The van der Waals surface area contributed by atoms with E-state index in [1.165, 1.54) is 22.5 Å². The van der Waals surface area contributed by atoms with Gasteiger partial charge in [-0.2, -0.15) is 0 Å². The number of sulfonamides is 1. The van der Waals surface area contributed by atoms with Crippen LogP contribution in [0, 0.1) is 13.8 Å². The molecule has 0 unspecified atom stereocenters. The van der Waals surface area contributed by atoms with Crippen LogP contribution in [0.5, 0.6) is 0 Å². The maximum Gasteiger partial charge on any atom is 0.242 e. The van der Waals surface area contributed by atoms with E-state index in [9.17, 15) is 18.0 Å². The zero-order chi connectivity index (χ0) is 24.8. The van der Waals surface area contributed by atoms with E-state index in [0.29, 0.717) is 12.1 Å². The minimum atomic E-state index is -3.52. The fraction of sp³-hybridized carbons (Fsp3) is 0.417. The number of benzene rings is 2. The molecule has 0 heterocycles. The van der Waals surface area contributed by atoms with Gasteiger partial charge < -0.3 is 10.2 Å². The Hall–Kier alpha value is -2.39. The van der Waals surface area contributed by atoms with Crippen LogP contribution in [-0.4, -0.2) is 51.0 Å². The Labute approximate surface area is 205 Å². The number of aryl methyl sites for hydroxylation is 1. The number of hydrogen-bond donors (Lipinski definition) is 1. The summed E-state index contributed by atoms with van der Waals surface area (Å²) in [6, 6.07) is 12.4. The van der Waals surface area contributed by atoms with Crippen molar-refractivity contribution in [2.24, 2.45) is 0 Å². The molecule has 0 fully saturated rings. The van der Waals surface area contributed by atoms with Crippen molar-refractivity contribution in [3.63, 3.8) is 0 Å². The van der Waals surface area contributed by atoms with Gasteiger partial charge in [0.25, 0.3) is 0 Å². The normalized spacial score (nSPS) is 12.2. The average molecular weight is 539 g/mol. The Bertz CT molecular complexity index is 1090. The topological polar surface area (TPSA) is 86.8 Å². The highest BCUT2D eigenvalue weighted by Gasteiger charge is 2.26. The largest absolute Gasteiger partial charge is 0.357 e. The summed E-state index contributed by atoms with van der Waals surface area (Å²) in [6.07, 6.45) is 1.62. The molecule has 0 saturated heterocycles. The lowest BCUT2D eigenvalue weighted by Crippen LogP contribution is -2.46. The van der Waals surface area contributed by atoms with Gasteiger partial charge in [-0.15, -0.1) is 0 Å². The van der Waals surface area contributed by atoms with Gasteiger partial charge in [-0.05, 0) is 62.1 Å². The van der Waals surface area contributed by atoms with Crippen LogP contribution < -0.4 is 9.62 Å². The van der Waals surface area contributed by atoms with Crippen LogP contribution in [0.4, 0.5) is 5.69 Å². The zero-order valence-corrected chi connectivity index (χ0v) is 22.2. The summed E-state index contributed by atoms with van der Waals surface area (Å²) in [4.78, 5) is 26.9. The van der Waals surface area contributed by atoms with Gasteiger partial charge in [0.2, 0.25) is 21.8 Å². The lowest BCUT2D eigenvalue weighted by molar-refractivity contribution is -0.140. The molecule has 9 heteroatoms. The molecule has 1 atom stereocenters. The van der Waals surface area contributed by atoms with E-state index < -0.39 is 16.1 Å².